The third-order valence-corrected chi connectivity index (χ3v) is 6.57. The van der Waals surface area contributed by atoms with Crippen LogP contribution in [0.15, 0.2) is 48.5 Å². The molecule has 0 aromatic heterocycles. The number of rotatable bonds is 2. The molecule has 2 heterocycles. The van der Waals surface area contributed by atoms with Gasteiger partial charge in [0, 0.05) is 12.5 Å². The lowest BCUT2D eigenvalue weighted by atomic mass is 9.76. The highest BCUT2D eigenvalue weighted by molar-refractivity contribution is 6.12. The Kier molecular flexibility index (Phi) is 4.73. The average Bonchev–Trinajstić information content (AvgIpc) is 2.91. The lowest BCUT2D eigenvalue weighted by Gasteiger charge is -2.33. The van der Waals surface area contributed by atoms with Crippen molar-refractivity contribution in [2.75, 3.05) is 16.8 Å². The quantitative estimate of drug-likeness (QED) is 0.713. The van der Waals surface area contributed by atoms with E-state index in [-0.39, 0.29) is 18.9 Å². The molecule has 0 unspecified atom stereocenters. The zero-order valence-corrected chi connectivity index (χ0v) is 17.8. The van der Waals surface area contributed by atoms with Crippen LogP contribution in [0.1, 0.15) is 37.3 Å². The minimum absolute atomic E-state index is 0.123. The number of carbonyl (C=O) groups is 4. The fourth-order valence-corrected chi connectivity index (χ4v) is 5.13. The number of imide groups is 1. The fraction of sp³-hybridized carbons (Fsp3) is 0.333. The standard InChI is InChI=1S/C24H24N4O4/c1-15-13-20(29)25-18-10-4-5-11-19(18)28(15)21(30)14-27-22(31)24(26-23(27)32)12-6-8-16-7-2-3-9-17(16)24/h2-5,7,9-11,15H,6,8,12-14H2,1H3,(H,25,29)(H,26,32)/t15-,24-/m0/s1. The predicted octanol–water partition coefficient (Wildman–Crippen LogP) is 2.53. The van der Waals surface area contributed by atoms with Crippen molar-refractivity contribution >= 4 is 35.1 Å². The van der Waals surface area contributed by atoms with Crippen molar-refractivity contribution in [3.05, 3.63) is 59.7 Å². The Bertz CT molecular complexity index is 1150. The molecular weight excluding hydrogens is 408 g/mol. The van der Waals surface area contributed by atoms with Crippen LogP contribution in [0.5, 0.6) is 0 Å². The maximum absolute atomic E-state index is 13.5. The highest BCUT2D eigenvalue weighted by Crippen LogP contribution is 2.40. The van der Waals surface area contributed by atoms with E-state index in [2.05, 4.69) is 10.6 Å². The maximum atomic E-state index is 13.5. The second-order valence-corrected chi connectivity index (χ2v) is 8.62. The summed E-state index contributed by atoms with van der Waals surface area (Å²) in [5.41, 5.74) is 1.82. The normalized spacial score (nSPS) is 24.5. The molecule has 0 radical (unpaired) electrons. The van der Waals surface area contributed by atoms with E-state index in [4.69, 9.17) is 0 Å². The van der Waals surface area contributed by atoms with Crippen LogP contribution in [0.3, 0.4) is 0 Å². The molecule has 8 nitrogen and oxygen atoms in total. The lowest BCUT2D eigenvalue weighted by molar-refractivity contribution is -0.135. The van der Waals surface area contributed by atoms with E-state index in [1.807, 2.05) is 24.3 Å². The van der Waals surface area contributed by atoms with Crippen LogP contribution in [0, 0.1) is 0 Å². The molecule has 8 heteroatoms. The van der Waals surface area contributed by atoms with Crippen LogP contribution in [-0.4, -0.2) is 41.2 Å². The zero-order valence-electron chi connectivity index (χ0n) is 17.8. The van der Waals surface area contributed by atoms with E-state index < -0.39 is 29.4 Å². The van der Waals surface area contributed by atoms with Crippen molar-refractivity contribution in [3.8, 4) is 0 Å². The van der Waals surface area contributed by atoms with E-state index in [1.165, 1.54) is 4.90 Å². The minimum Gasteiger partial charge on any atom is -0.324 e. The second kappa shape index (κ2) is 7.47. The first-order valence-electron chi connectivity index (χ1n) is 10.8. The molecule has 164 valence electrons. The number of hydrogen-bond acceptors (Lipinski definition) is 4. The Morgan fingerprint density at radius 2 is 1.84 bits per heavy atom. The number of benzene rings is 2. The van der Waals surface area contributed by atoms with Crippen LogP contribution in [0.4, 0.5) is 16.2 Å². The summed E-state index contributed by atoms with van der Waals surface area (Å²) in [6, 6.07) is 13.7. The van der Waals surface area contributed by atoms with Crippen LogP contribution < -0.4 is 15.5 Å². The number of urea groups is 1. The van der Waals surface area contributed by atoms with Gasteiger partial charge >= 0.3 is 6.03 Å². The van der Waals surface area contributed by atoms with E-state index in [1.54, 1.807) is 31.2 Å². The summed E-state index contributed by atoms with van der Waals surface area (Å²) in [5.74, 6) is -0.993. The number of para-hydroxylation sites is 2. The summed E-state index contributed by atoms with van der Waals surface area (Å²) in [5, 5.41) is 5.70. The molecular formula is C24H24N4O4. The second-order valence-electron chi connectivity index (χ2n) is 8.62. The topological polar surface area (TPSA) is 98.8 Å². The monoisotopic (exact) mass is 432 g/mol. The van der Waals surface area contributed by atoms with Crippen molar-refractivity contribution in [2.24, 2.45) is 0 Å². The first-order chi connectivity index (χ1) is 15.4. The SMILES string of the molecule is C[C@H]1CC(=O)Nc2ccccc2N1C(=O)CN1C(=O)N[C@]2(CCCc3ccccc32)C1=O. The van der Waals surface area contributed by atoms with Crippen molar-refractivity contribution in [1.29, 1.82) is 0 Å². The minimum atomic E-state index is -1.12. The van der Waals surface area contributed by atoms with Gasteiger partial charge in [-0.25, -0.2) is 4.79 Å². The van der Waals surface area contributed by atoms with Crippen molar-refractivity contribution in [2.45, 2.75) is 44.2 Å². The molecule has 32 heavy (non-hydrogen) atoms. The molecule has 3 aliphatic rings. The molecule has 2 aromatic carbocycles. The molecule has 1 aliphatic carbocycles. The third-order valence-electron chi connectivity index (χ3n) is 6.57. The molecule has 0 bridgehead atoms. The molecule has 1 fully saturated rings. The van der Waals surface area contributed by atoms with Gasteiger partial charge in [-0.1, -0.05) is 36.4 Å². The first-order valence-corrected chi connectivity index (χ1v) is 10.8. The highest BCUT2D eigenvalue weighted by Gasteiger charge is 2.54. The Labute approximate surface area is 185 Å². The molecule has 2 N–H and O–H groups in total. The van der Waals surface area contributed by atoms with Gasteiger partial charge in [0.2, 0.25) is 11.8 Å². The fourth-order valence-electron chi connectivity index (χ4n) is 5.13. The smallest absolute Gasteiger partial charge is 0.324 e. The van der Waals surface area contributed by atoms with Gasteiger partial charge in [0.15, 0.2) is 0 Å². The number of carbonyl (C=O) groups excluding carboxylic acids is 4. The zero-order chi connectivity index (χ0) is 22.5. The summed E-state index contributed by atoms with van der Waals surface area (Å²) in [4.78, 5) is 54.6. The number of nitrogens with one attached hydrogen (secondary N) is 2. The van der Waals surface area contributed by atoms with Gasteiger partial charge < -0.3 is 15.5 Å². The van der Waals surface area contributed by atoms with Gasteiger partial charge in [0.25, 0.3) is 5.91 Å². The molecule has 5 amide bonds. The Balaban J connectivity index is 1.45. The third kappa shape index (κ3) is 3.05. The predicted molar refractivity (Wildman–Crippen MR) is 118 cm³/mol. The summed E-state index contributed by atoms with van der Waals surface area (Å²) in [6.45, 7) is 1.39. The number of amides is 5. The van der Waals surface area contributed by atoms with Crippen LogP contribution >= 0.6 is 0 Å². The molecule has 0 saturated carbocycles. The van der Waals surface area contributed by atoms with E-state index in [9.17, 15) is 19.2 Å². The van der Waals surface area contributed by atoms with Crippen LogP contribution in [-0.2, 0) is 26.3 Å². The van der Waals surface area contributed by atoms with E-state index >= 15 is 0 Å². The van der Waals surface area contributed by atoms with Gasteiger partial charge in [-0.05, 0) is 49.4 Å². The van der Waals surface area contributed by atoms with Crippen molar-refractivity contribution < 1.29 is 19.2 Å². The number of aryl methyl sites for hydroxylation is 1. The Morgan fingerprint density at radius 1 is 1.09 bits per heavy atom. The summed E-state index contributed by atoms with van der Waals surface area (Å²) in [6.07, 6.45) is 2.25. The van der Waals surface area contributed by atoms with Gasteiger partial charge in [0.05, 0.1) is 11.4 Å². The Morgan fingerprint density at radius 3 is 2.69 bits per heavy atom. The summed E-state index contributed by atoms with van der Waals surface area (Å²) < 4.78 is 0. The van der Waals surface area contributed by atoms with Gasteiger partial charge in [0.1, 0.15) is 12.1 Å². The van der Waals surface area contributed by atoms with Gasteiger partial charge in [-0.15, -0.1) is 0 Å². The number of fused-ring (bicyclic) bond motifs is 3. The molecule has 2 aromatic rings. The first kappa shape index (κ1) is 20.2. The van der Waals surface area contributed by atoms with E-state index in [0.29, 0.717) is 17.8 Å². The molecule has 2 atom stereocenters. The molecule has 5 rings (SSSR count). The molecule has 1 saturated heterocycles. The van der Waals surface area contributed by atoms with Gasteiger partial charge in [-0.2, -0.15) is 0 Å². The molecule has 2 aliphatic heterocycles. The van der Waals surface area contributed by atoms with Crippen molar-refractivity contribution in [1.82, 2.24) is 10.2 Å². The number of anilines is 2. The summed E-state index contributed by atoms with van der Waals surface area (Å²) in [7, 11) is 0. The van der Waals surface area contributed by atoms with E-state index in [0.717, 1.165) is 28.9 Å². The average molecular weight is 432 g/mol. The largest absolute Gasteiger partial charge is 0.325 e. The number of hydrogen-bond donors (Lipinski definition) is 2. The summed E-state index contributed by atoms with van der Waals surface area (Å²) >= 11 is 0. The molecule has 1 spiro atoms. The maximum Gasteiger partial charge on any atom is 0.325 e. The van der Waals surface area contributed by atoms with Gasteiger partial charge in [-0.3, -0.25) is 19.3 Å². The van der Waals surface area contributed by atoms with Crippen molar-refractivity contribution in [3.63, 3.8) is 0 Å². The van der Waals surface area contributed by atoms with Crippen LogP contribution in [0.2, 0.25) is 0 Å². The number of nitrogens with zero attached hydrogens (tertiary/aromatic N) is 2. The van der Waals surface area contributed by atoms with Crippen LogP contribution in [0.25, 0.3) is 0 Å². The highest BCUT2D eigenvalue weighted by atomic mass is 16.2. The Hall–Kier alpha value is -3.68. The lowest BCUT2D eigenvalue weighted by Crippen LogP contribution is -2.48.